The number of hydrogen-bond donors (Lipinski definition) is 0. The van der Waals surface area contributed by atoms with Crippen molar-refractivity contribution < 1.29 is 17.1 Å². The van der Waals surface area contributed by atoms with Crippen LogP contribution in [0.1, 0.15) is 108 Å². The van der Waals surface area contributed by atoms with Gasteiger partial charge in [-0.05, 0) is 5.41 Å². The molecule has 3 atom stereocenters. The molecule has 0 radical (unpaired) electrons. The van der Waals surface area contributed by atoms with E-state index in [1.807, 2.05) is 0 Å². The second-order valence-electron chi connectivity index (χ2n) is 8.46. The van der Waals surface area contributed by atoms with Gasteiger partial charge in [0.1, 0.15) is 0 Å². The molecule has 0 bridgehead atoms. The van der Waals surface area contributed by atoms with Crippen LogP contribution in [0.3, 0.4) is 0 Å². The van der Waals surface area contributed by atoms with Gasteiger partial charge >= 0.3 is 17.1 Å². The minimum atomic E-state index is 0. The summed E-state index contributed by atoms with van der Waals surface area (Å²) in [6.45, 7) is 16.3. The van der Waals surface area contributed by atoms with Crippen LogP contribution in [0, 0.1) is 35.0 Å². The first kappa shape index (κ1) is 28.3. The van der Waals surface area contributed by atoms with E-state index in [2.05, 4.69) is 48.5 Å². The third kappa shape index (κ3) is 9.54. The predicted octanol–water partition coefficient (Wildman–Crippen LogP) is 8.12. The van der Waals surface area contributed by atoms with E-state index in [1.54, 1.807) is 11.8 Å². The maximum atomic E-state index is 2.36. The quantitative estimate of drug-likeness (QED) is 0.342. The van der Waals surface area contributed by atoms with Crippen molar-refractivity contribution in [1.29, 1.82) is 0 Å². The van der Waals surface area contributed by atoms with Crippen LogP contribution in [0.25, 0.3) is 0 Å². The second kappa shape index (κ2) is 12.8. The molecule has 0 aromatic rings. The predicted molar refractivity (Wildman–Crippen MR) is 105 cm³/mol. The fourth-order valence-corrected chi connectivity index (χ4v) is 4.05. The minimum Gasteiger partial charge on any atom is -0.316 e. The topological polar surface area (TPSA) is 0 Å². The van der Waals surface area contributed by atoms with E-state index < -0.39 is 0 Å². The van der Waals surface area contributed by atoms with Gasteiger partial charge in [0, 0.05) is 0 Å². The summed E-state index contributed by atoms with van der Waals surface area (Å²) in [5.41, 5.74) is 0.539. The standard InChI is InChI=1S/2C10H19.2CH4.Fe/c1-8-5-6-9(7-8)10(2,3)4;1-4-9-6-8(3)7-10(9)5-2;;;/h9H,5-7H2,1-4H3;9-10H,4-7H2,1-3H3;2*1H4;/q2*-1;;;+4. The van der Waals surface area contributed by atoms with Gasteiger partial charge in [-0.25, -0.2) is 0 Å². The largest absolute Gasteiger partial charge is 4.00 e. The molecule has 2 aliphatic rings. The third-order valence-corrected chi connectivity index (χ3v) is 5.68. The Morgan fingerprint density at radius 3 is 1.48 bits per heavy atom. The summed E-state index contributed by atoms with van der Waals surface area (Å²) in [5.74, 6) is 6.43. The monoisotopic (exact) mass is 366 g/mol. The second-order valence-corrected chi connectivity index (χ2v) is 8.46. The molecule has 0 aliphatic heterocycles. The van der Waals surface area contributed by atoms with E-state index in [4.69, 9.17) is 0 Å². The summed E-state index contributed by atoms with van der Waals surface area (Å²) >= 11 is 0. The van der Waals surface area contributed by atoms with Crippen LogP contribution in [0.5, 0.6) is 0 Å². The molecule has 0 spiro atoms. The fourth-order valence-electron chi connectivity index (χ4n) is 4.05. The van der Waals surface area contributed by atoms with Crippen LogP contribution >= 0.6 is 0 Å². The van der Waals surface area contributed by atoms with Crippen molar-refractivity contribution in [1.82, 2.24) is 0 Å². The van der Waals surface area contributed by atoms with Crippen molar-refractivity contribution in [3.05, 3.63) is 11.8 Å². The van der Waals surface area contributed by atoms with Gasteiger partial charge in [-0.1, -0.05) is 86.5 Å². The Bertz CT molecular complexity index is 254. The summed E-state index contributed by atoms with van der Waals surface area (Å²) < 4.78 is 0. The molecule has 0 nitrogen and oxygen atoms in total. The first-order chi connectivity index (χ1) is 9.27. The van der Waals surface area contributed by atoms with Crippen LogP contribution in [0.2, 0.25) is 0 Å². The third-order valence-electron chi connectivity index (χ3n) is 5.68. The molecule has 140 valence electrons. The van der Waals surface area contributed by atoms with Crippen molar-refractivity contribution in [2.75, 3.05) is 0 Å². The molecule has 0 amide bonds. The fraction of sp³-hybridized carbons (Fsp3) is 0.909. The summed E-state index contributed by atoms with van der Waals surface area (Å²) in [7, 11) is 0. The summed E-state index contributed by atoms with van der Waals surface area (Å²) in [6, 6.07) is 0. The molecule has 0 heterocycles. The van der Waals surface area contributed by atoms with Crippen LogP contribution in [-0.4, -0.2) is 0 Å². The Morgan fingerprint density at radius 2 is 1.26 bits per heavy atom. The van der Waals surface area contributed by atoms with Crippen molar-refractivity contribution in [2.45, 2.75) is 108 Å². The molecule has 2 saturated carbocycles. The van der Waals surface area contributed by atoms with Crippen molar-refractivity contribution in [3.8, 4) is 0 Å². The van der Waals surface area contributed by atoms with E-state index >= 15 is 0 Å². The Kier molecular flexibility index (Phi) is 15.8. The van der Waals surface area contributed by atoms with E-state index in [-0.39, 0.29) is 31.9 Å². The SMILES string of the molecule is C.C.CCC1C[C-](C)CC1CC.C[C-]1CCC(C(C)(C)C)C1.[Fe+4]. The Balaban J connectivity index is -0.000000308. The zero-order chi connectivity index (χ0) is 15.3. The van der Waals surface area contributed by atoms with E-state index in [0.717, 1.165) is 17.8 Å². The molecule has 3 unspecified atom stereocenters. The molecule has 1 heteroatoms. The molecule has 0 aromatic carbocycles. The van der Waals surface area contributed by atoms with Gasteiger partial charge in [-0.2, -0.15) is 39.5 Å². The van der Waals surface area contributed by atoms with Gasteiger partial charge in [0.2, 0.25) is 0 Å². The van der Waals surface area contributed by atoms with Gasteiger partial charge in [0.05, 0.1) is 0 Å². The first-order valence-corrected chi connectivity index (χ1v) is 8.90. The van der Waals surface area contributed by atoms with Crippen LogP contribution < -0.4 is 0 Å². The van der Waals surface area contributed by atoms with E-state index in [9.17, 15) is 0 Å². The average Bonchev–Trinajstić information content (AvgIpc) is 2.95. The van der Waals surface area contributed by atoms with Gasteiger partial charge in [-0.15, -0.1) is 0 Å². The molecule has 2 fully saturated rings. The molecular weight excluding hydrogens is 320 g/mol. The maximum Gasteiger partial charge on any atom is 4.00 e. The molecule has 0 N–H and O–H groups in total. The summed E-state index contributed by atoms with van der Waals surface area (Å²) in [4.78, 5) is 0. The summed E-state index contributed by atoms with van der Waals surface area (Å²) in [6.07, 6.45) is 9.77. The normalized spacial score (nSPS) is 28.0. The molecule has 2 aliphatic carbocycles. The number of hydrogen-bond acceptors (Lipinski definition) is 0. The zero-order valence-corrected chi connectivity index (χ0v) is 16.6. The number of rotatable bonds is 2. The summed E-state index contributed by atoms with van der Waals surface area (Å²) in [5, 5.41) is 0. The van der Waals surface area contributed by atoms with E-state index in [0.29, 0.717) is 5.41 Å². The van der Waals surface area contributed by atoms with Gasteiger partial charge in [0.25, 0.3) is 0 Å². The first-order valence-electron chi connectivity index (χ1n) is 8.90. The van der Waals surface area contributed by atoms with Gasteiger partial charge in [-0.3, -0.25) is 0 Å². The van der Waals surface area contributed by atoms with Crippen LogP contribution in [0.4, 0.5) is 0 Å². The van der Waals surface area contributed by atoms with Crippen molar-refractivity contribution >= 4 is 0 Å². The van der Waals surface area contributed by atoms with Crippen LogP contribution in [-0.2, 0) is 17.1 Å². The minimum absolute atomic E-state index is 0. The molecule has 0 aromatic heterocycles. The van der Waals surface area contributed by atoms with Gasteiger partial charge in [0.15, 0.2) is 0 Å². The molecule has 2 rings (SSSR count). The average molecular weight is 366 g/mol. The van der Waals surface area contributed by atoms with Crippen LogP contribution in [0.15, 0.2) is 0 Å². The Labute approximate surface area is 160 Å². The molecule has 23 heavy (non-hydrogen) atoms. The van der Waals surface area contributed by atoms with Crippen molar-refractivity contribution in [2.24, 2.45) is 23.2 Å². The molecule has 0 saturated heterocycles. The van der Waals surface area contributed by atoms with E-state index in [1.165, 1.54) is 44.9 Å². The molecular formula is C22H46Fe+2. The maximum absolute atomic E-state index is 2.36. The Hall–Kier alpha value is 0.519. The smallest absolute Gasteiger partial charge is 0.316 e. The van der Waals surface area contributed by atoms with Gasteiger partial charge < -0.3 is 11.8 Å². The van der Waals surface area contributed by atoms with Crippen molar-refractivity contribution in [3.63, 3.8) is 0 Å². The zero-order valence-electron chi connectivity index (χ0n) is 15.5. The Morgan fingerprint density at radius 1 is 0.826 bits per heavy atom.